The number of aryl methyl sites for hydroxylation is 2. The van der Waals surface area contributed by atoms with Crippen molar-refractivity contribution < 1.29 is 4.79 Å². The molecule has 29 heavy (non-hydrogen) atoms. The molecule has 1 aliphatic heterocycles. The molecule has 1 aliphatic rings. The molecule has 4 rings (SSSR count). The molecule has 0 saturated carbocycles. The number of amides is 1. The summed E-state index contributed by atoms with van der Waals surface area (Å²) in [6.07, 6.45) is 1.72. The van der Waals surface area contributed by atoms with Crippen LogP contribution < -0.4 is 15.1 Å². The van der Waals surface area contributed by atoms with Crippen LogP contribution in [0.15, 0.2) is 66.9 Å². The van der Waals surface area contributed by atoms with Crippen LogP contribution >= 0.6 is 0 Å². The van der Waals surface area contributed by atoms with Gasteiger partial charge in [-0.05, 0) is 61.4 Å². The number of hydrogen-bond acceptors (Lipinski definition) is 4. The van der Waals surface area contributed by atoms with Crippen molar-refractivity contribution in [2.45, 2.75) is 13.8 Å². The van der Waals surface area contributed by atoms with Gasteiger partial charge in [0.2, 0.25) is 0 Å². The number of carbonyl (C=O) groups excluding carboxylic acids is 1. The van der Waals surface area contributed by atoms with Crippen LogP contribution in [0.1, 0.15) is 21.5 Å². The van der Waals surface area contributed by atoms with E-state index in [9.17, 15) is 4.79 Å². The first-order valence-corrected chi connectivity index (χ1v) is 9.99. The Morgan fingerprint density at radius 2 is 1.55 bits per heavy atom. The third kappa shape index (κ3) is 4.57. The Kier molecular flexibility index (Phi) is 5.47. The Bertz CT molecular complexity index is 1010. The normalized spacial score (nSPS) is 14.0. The first-order chi connectivity index (χ1) is 14.1. The second-order valence-corrected chi connectivity index (χ2v) is 7.54. The first kappa shape index (κ1) is 19.0. The molecule has 2 aromatic carbocycles. The van der Waals surface area contributed by atoms with Crippen molar-refractivity contribution in [2.24, 2.45) is 0 Å². The fourth-order valence-corrected chi connectivity index (χ4v) is 3.68. The lowest BCUT2D eigenvalue weighted by atomic mass is 10.2. The van der Waals surface area contributed by atoms with Gasteiger partial charge in [0.15, 0.2) is 0 Å². The first-order valence-electron chi connectivity index (χ1n) is 9.99. The number of nitrogens with zero attached hydrogens (tertiary/aromatic N) is 3. The Balaban J connectivity index is 1.42. The summed E-state index contributed by atoms with van der Waals surface area (Å²) in [6, 6.07) is 20.1. The van der Waals surface area contributed by atoms with E-state index in [1.165, 1.54) is 11.3 Å². The molecule has 0 radical (unpaired) electrons. The van der Waals surface area contributed by atoms with Gasteiger partial charge in [-0.25, -0.2) is 4.98 Å². The van der Waals surface area contributed by atoms with Crippen LogP contribution in [0, 0.1) is 13.8 Å². The molecular weight excluding hydrogens is 360 g/mol. The number of nitrogens with one attached hydrogen (secondary N) is 1. The average Bonchev–Trinajstić information content (AvgIpc) is 2.74. The molecule has 5 heteroatoms. The van der Waals surface area contributed by atoms with E-state index < -0.39 is 0 Å². The summed E-state index contributed by atoms with van der Waals surface area (Å²) in [6.45, 7) is 7.76. The maximum atomic E-state index is 12.7. The van der Waals surface area contributed by atoms with Crippen molar-refractivity contribution in [3.8, 4) is 0 Å². The van der Waals surface area contributed by atoms with Crippen LogP contribution in [-0.2, 0) is 0 Å². The molecule has 2 heterocycles. The highest BCUT2D eigenvalue weighted by atomic mass is 16.1. The van der Waals surface area contributed by atoms with E-state index in [0.29, 0.717) is 5.56 Å². The van der Waals surface area contributed by atoms with E-state index in [0.717, 1.165) is 43.2 Å². The molecule has 1 fully saturated rings. The number of benzene rings is 2. The van der Waals surface area contributed by atoms with Crippen molar-refractivity contribution in [3.63, 3.8) is 0 Å². The van der Waals surface area contributed by atoms with Crippen LogP contribution in [0.3, 0.4) is 0 Å². The fourth-order valence-electron chi connectivity index (χ4n) is 3.68. The predicted octanol–water partition coefficient (Wildman–Crippen LogP) is 4.28. The van der Waals surface area contributed by atoms with Crippen molar-refractivity contribution in [1.82, 2.24) is 4.98 Å². The van der Waals surface area contributed by atoms with Crippen LogP contribution in [0.5, 0.6) is 0 Å². The van der Waals surface area contributed by atoms with Gasteiger partial charge in [0.1, 0.15) is 5.82 Å². The summed E-state index contributed by atoms with van der Waals surface area (Å²) >= 11 is 0. The maximum Gasteiger partial charge on any atom is 0.255 e. The third-order valence-electron chi connectivity index (χ3n) is 5.25. The molecule has 0 atom stereocenters. The lowest BCUT2D eigenvalue weighted by molar-refractivity contribution is 0.102. The fraction of sp³-hybridized carbons (Fsp3) is 0.250. The van der Waals surface area contributed by atoms with Crippen LogP contribution in [0.4, 0.5) is 17.2 Å². The number of rotatable bonds is 4. The van der Waals surface area contributed by atoms with Gasteiger partial charge in [-0.15, -0.1) is 0 Å². The zero-order chi connectivity index (χ0) is 20.2. The lowest BCUT2D eigenvalue weighted by Gasteiger charge is -2.37. The number of pyridine rings is 1. The zero-order valence-corrected chi connectivity index (χ0v) is 16.9. The molecule has 0 unspecified atom stereocenters. The van der Waals surface area contributed by atoms with E-state index in [1.54, 1.807) is 12.3 Å². The van der Waals surface area contributed by atoms with Crippen LogP contribution in [0.25, 0.3) is 0 Å². The van der Waals surface area contributed by atoms with E-state index in [2.05, 4.69) is 51.3 Å². The molecule has 1 N–H and O–H groups in total. The molecule has 1 amide bonds. The molecule has 3 aromatic rings. The summed E-state index contributed by atoms with van der Waals surface area (Å²) < 4.78 is 0. The molecule has 1 saturated heterocycles. The molecule has 5 nitrogen and oxygen atoms in total. The van der Waals surface area contributed by atoms with E-state index in [1.807, 2.05) is 37.3 Å². The van der Waals surface area contributed by atoms with Gasteiger partial charge >= 0.3 is 0 Å². The van der Waals surface area contributed by atoms with Gasteiger partial charge < -0.3 is 15.1 Å². The van der Waals surface area contributed by atoms with Crippen molar-refractivity contribution >= 4 is 23.1 Å². The highest BCUT2D eigenvalue weighted by Gasteiger charge is 2.19. The van der Waals surface area contributed by atoms with Crippen molar-refractivity contribution in [3.05, 3.63) is 83.6 Å². The standard InChI is InChI=1S/C24H26N4O/c1-18-5-3-7-21(15-18)26-24(29)20-9-10-25-23(17-20)28-13-11-27(12-14-28)22-8-4-6-19(2)16-22/h3-10,15-17H,11-14H2,1-2H3,(H,26,29). The van der Waals surface area contributed by atoms with Gasteiger partial charge in [-0.1, -0.05) is 24.3 Å². The smallest absolute Gasteiger partial charge is 0.255 e. The minimum atomic E-state index is -0.113. The summed E-state index contributed by atoms with van der Waals surface area (Å²) in [4.78, 5) is 21.8. The number of anilines is 3. The minimum absolute atomic E-state index is 0.113. The second kappa shape index (κ2) is 8.35. The number of aromatic nitrogens is 1. The summed E-state index contributed by atoms with van der Waals surface area (Å²) in [7, 11) is 0. The quantitative estimate of drug-likeness (QED) is 0.727. The average molecular weight is 386 g/mol. The molecule has 1 aromatic heterocycles. The van der Waals surface area contributed by atoms with Crippen LogP contribution in [0.2, 0.25) is 0 Å². The highest BCUT2D eigenvalue weighted by molar-refractivity contribution is 6.04. The van der Waals surface area contributed by atoms with Gasteiger partial charge in [0, 0.05) is 49.3 Å². The molecule has 0 bridgehead atoms. The van der Waals surface area contributed by atoms with Crippen molar-refractivity contribution in [1.29, 1.82) is 0 Å². The largest absolute Gasteiger partial charge is 0.368 e. The minimum Gasteiger partial charge on any atom is -0.368 e. The van der Waals surface area contributed by atoms with E-state index >= 15 is 0 Å². The van der Waals surface area contributed by atoms with Gasteiger partial charge in [0.05, 0.1) is 0 Å². The van der Waals surface area contributed by atoms with Gasteiger partial charge in [0.25, 0.3) is 5.91 Å². The maximum absolute atomic E-state index is 12.7. The van der Waals surface area contributed by atoms with Crippen molar-refractivity contribution in [2.75, 3.05) is 41.3 Å². The van der Waals surface area contributed by atoms with Gasteiger partial charge in [-0.3, -0.25) is 4.79 Å². The number of carbonyl (C=O) groups is 1. The molecule has 0 aliphatic carbocycles. The molecule has 148 valence electrons. The van der Waals surface area contributed by atoms with E-state index in [4.69, 9.17) is 0 Å². The summed E-state index contributed by atoms with van der Waals surface area (Å²) in [5.74, 6) is 0.739. The lowest BCUT2D eigenvalue weighted by Crippen LogP contribution is -2.46. The second-order valence-electron chi connectivity index (χ2n) is 7.54. The highest BCUT2D eigenvalue weighted by Crippen LogP contribution is 2.21. The molecule has 0 spiro atoms. The number of piperazine rings is 1. The monoisotopic (exact) mass is 386 g/mol. The van der Waals surface area contributed by atoms with Gasteiger partial charge in [-0.2, -0.15) is 0 Å². The summed E-state index contributed by atoms with van der Waals surface area (Å²) in [5, 5.41) is 2.97. The Morgan fingerprint density at radius 1 is 0.862 bits per heavy atom. The summed E-state index contributed by atoms with van der Waals surface area (Å²) in [5.41, 5.74) is 5.09. The SMILES string of the molecule is Cc1cccc(NC(=O)c2ccnc(N3CCN(c4cccc(C)c4)CC3)c2)c1. The Hall–Kier alpha value is -3.34. The predicted molar refractivity (Wildman–Crippen MR) is 119 cm³/mol. The Labute approximate surface area is 172 Å². The Morgan fingerprint density at radius 3 is 2.28 bits per heavy atom. The topological polar surface area (TPSA) is 48.5 Å². The van der Waals surface area contributed by atoms with Crippen LogP contribution in [-0.4, -0.2) is 37.1 Å². The molecular formula is C24H26N4O. The third-order valence-corrected chi connectivity index (χ3v) is 5.25. The number of hydrogen-bond donors (Lipinski definition) is 1. The van der Waals surface area contributed by atoms with E-state index in [-0.39, 0.29) is 5.91 Å². The zero-order valence-electron chi connectivity index (χ0n) is 16.9.